The molecule has 1 amide bonds. The van der Waals surface area contributed by atoms with Gasteiger partial charge in [-0.3, -0.25) is 9.69 Å². The normalized spacial score (nSPS) is 21.3. The Morgan fingerprint density at radius 3 is 3.09 bits per heavy atom. The van der Waals surface area contributed by atoms with E-state index < -0.39 is 5.54 Å². The molecule has 0 spiro atoms. The molecule has 1 atom stereocenters. The number of aromatic nitrogens is 1. The highest BCUT2D eigenvalue weighted by atomic mass is 32.1. The summed E-state index contributed by atoms with van der Waals surface area (Å²) < 4.78 is 13.4. The number of amides is 1. The molecule has 0 aliphatic carbocycles. The number of anilines is 1. The van der Waals surface area contributed by atoms with Crippen LogP contribution in [0, 0.1) is 5.82 Å². The Kier molecular flexibility index (Phi) is 4.58. The lowest BCUT2D eigenvalue weighted by Gasteiger charge is -2.30. The molecule has 5 nitrogen and oxygen atoms in total. The molecule has 2 N–H and O–H groups in total. The van der Waals surface area contributed by atoms with Gasteiger partial charge in [0.05, 0.1) is 6.54 Å². The van der Waals surface area contributed by atoms with Gasteiger partial charge in [-0.05, 0) is 24.6 Å². The highest BCUT2D eigenvalue weighted by molar-refractivity contribution is 7.09. The molecule has 0 radical (unpaired) electrons. The number of carbonyl (C=O) groups is 1. The van der Waals surface area contributed by atoms with Crippen molar-refractivity contribution in [2.75, 3.05) is 25.5 Å². The standard InChI is InChI=1S/C16H19FN4OS/c1-18-15(22)16(20-13-4-2-3-12(17)9-13)5-7-21(11-16)10-14-19-6-8-23-14/h2-4,6,8-9,20H,5,7,10-11H2,1H3,(H,18,22). The van der Waals surface area contributed by atoms with Crippen LogP contribution in [0.15, 0.2) is 35.8 Å². The van der Waals surface area contributed by atoms with Gasteiger partial charge < -0.3 is 10.6 Å². The molecule has 7 heteroatoms. The van der Waals surface area contributed by atoms with Crippen LogP contribution in [0.5, 0.6) is 0 Å². The van der Waals surface area contributed by atoms with Crippen molar-refractivity contribution < 1.29 is 9.18 Å². The Bertz CT molecular complexity index is 678. The van der Waals surface area contributed by atoms with Gasteiger partial charge in [-0.15, -0.1) is 11.3 Å². The van der Waals surface area contributed by atoms with Crippen LogP contribution < -0.4 is 10.6 Å². The van der Waals surface area contributed by atoms with Gasteiger partial charge in [0.1, 0.15) is 16.4 Å². The Morgan fingerprint density at radius 1 is 1.52 bits per heavy atom. The molecule has 122 valence electrons. The Balaban J connectivity index is 1.77. The molecule has 1 fully saturated rings. The Hall–Kier alpha value is -1.99. The molecule has 1 unspecified atom stereocenters. The van der Waals surface area contributed by atoms with E-state index in [0.29, 0.717) is 18.7 Å². The highest BCUT2D eigenvalue weighted by Crippen LogP contribution is 2.28. The first-order chi connectivity index (χ1) is 11.1. The molecule has 3 rings (SSSR count). The second-order valence-corrected chi connectivity index (χ2v) is 6.66. The van der Waals surface area contributed by atoms with Crippen LogP contribution in [0.25, 0.3) is 0 Å². The van der Waals surface area contributed by atoms with Crippen LogP contribution >= 0.6 is 11.3 Å². The minimum absolute atomic E-state index is 0.0802. The van der Waals surface area contributed by atoms with Crippen molar-refractivity contribution in [3.8, 4) is 0 Å². The molecule has 23 heavy (non-hydrogen) atoms. The van der Waals surface area contributed by atoms with Crippen LogP contribution in [0.3, 0.4) is 0 Å². The van der Waals surface area contributed by atoms with Gasteiger partial charge in [0.25, 0.3) is 0 Å². The maximum Gasteiger partial charge on any atom is 0.246 e. The third-order valence-electron chi connectivity index (χ3n) is 4.06. The molecule has 0 bridgehead atoms. The molecule has 1 aliphatic heterocycles. The lowest BCUT2D eigenvalue weighted by molar-refractivity contribution is -0.124. The average Bonchev–Trinajstić information content (AvgIpc) is 3.18. The molecule has 1 aromatic carbocycles. The summed E-state index contributed by atoms with van der Waals surface area (Å²) in [4.78, 5) is 19.0. The fraction of sp³-hybridized carbons (Fsp3) is 0.375. The highest BCUT2D eigenvalue weighted by Gasteiger charge is 2.44. The summed E-state index contributed by atoms with van der Waals surface area (Å²) in [5.41, 5.74) is -0.135. The van der Waals surface area contributed by atoms with Crippen LogP contribution in [-0.2, 0) is 11.3 Å². The zero-order valence-corrected chi connectivity index (χ0v) is 13.7. The first-order valence-corrected chi connectivity index (χ1v) is 8.36. The van der Waals surface area contributed by atoms with Gasteiger partial charge in [-0.25, -0.2) is 9.37 Å². The average molecular weight is 334 g/mol. The number of carbonyl (C=O) groups excluding carboxylic acids is 1. The fourth-order valence-electron chi connectivity index (χ4n) is 2.97. The minimum atomic E-state index is -0.750. The van der Waals surface area contributed by atoms with Crippen molar-refractivity contribution in [1.82, 2.24) is 15.2 Å². The first kappa shape index (κ1) is 15.9. The van der Waals surface area contributed by atoms with Gasteiger partial charge in [-0.2, -0.15) is 0 Å². The van der Waals surface area contributed by atoms with Crippen molar-refractivity contribution >= 4 is 22.9 Å². The van der Waals surface area contributed by atoms with E-state index in [9.17, 15) is 9.18 Å². The van der Waals surface area contributed by atoms with Gasteiger partial charge in [0.2, 0.25) is 5.91 Å². The quantitative estimate of drug-likeness (QED) is 0.879. The van der Waals surface area contributed by atoms with Gasteiger partial charge >= 0.3 is 0 Å². The summed E-state index contributed by atoms with van der Waals surface area (Å²) in [6.45, 7) is 2.07. The van der Waals surface area contributed by atoms with E-state index in [1.807, 2.05) is 5.38 Å². The maximum atomic E-state index is 13.4. The number of thiazole rings is 1. The van der Waals surface area contributed by atoms with Crippen LogP contribution in [0.4, 0.5) is 10.1 Å². The fourth-order valence-corrected chi connectivity index (χ4v) is 3.63. The number of likely N-dealkylation sites (N-methyl/N-ethyl adjacent to an activating group) is 1. The number of benzene rings is 1. The predicted molar refractivity (Wildman–Crippen MR) is 88.8 cm³/mol. The summed E-state index contributed by atoms with van der Waals surface area (Å²) in [5, 5.41) is 8.95. The number of hydrogen-bond donors (Lipinski definition) is 2. The van der Waals surface area contributed by atoms with Crippen LogP contribution in [-0.4, -0.2) is 41.5 Å². The monoisotopic (exact) mass is 334 g/mol. The Labute approximate surface area is 138 Å². The number of hydrogen-bond acceptors (Lipinski definition) is 5. The summed E-state index contributed by atoms with van der Waals surface area (Å²) in [6.07, 6.45) is 2.45. The van der Waals surface area contributed by atoms with Gasteiger partial charge in [0.15, 0.2) is 0 Å². The number of halogens is 1. The van der Waals surface area contributed by atoms with Crippen molar-refractivity contribution in [3.05, 3.63) is 46.7 Å². The van der Waals surface area contributed by atoms with Crippen molar-refractivity contribution in [2.45, 2.75) is 18.5 Å². The van der Waals surface area contributed by atoms with E-state index in [1.54, 1.807) is 36.7 Å². The molecule has 2 aromatic rings. The van der Waals surface area contributed by atoms with E-state index >= 15 is 0 Å². The number of likely N-dealkylation sites (tertiary alicyclic amines) is 1. The molecule has 1 aromatic heterocycles. The van der Waals surface area contributed by atoms with E-state index in [-0.39, 0.29) is 11.7 Å². The summed E-state index contributed by atoms with van der Waals surface area (Å²) >= 11 is 1.61. The molecule has 0 saturated carbocycles. The smallest absolute Gasteiger partial charge is 0.246 e. The zero-order chi connectivity index (χ0) is 16.3. The molecular formula is C16H19FN4OS. The largest absolute Gasteiger partial charge is 0.370 e. The second-order valence-electron chi connectivity index (χ2n) is 5.68. The summed E-state index contributed by atoms with van der Waals surface area (Å²) in [7, 11) is 1.63. The zero-order valence-electron chi connectivity index (χ0n) is 12.9. The molecular weight excluding hydrogens is 315 g/mol. The molecule has 1 aliphatic rings. The molecule has 2 heterocycles. The van der Waals surface area contributed by atoms with E-state index in [1.165, 1.54) is 12.1 Å². The van der Waals surface area contributed by atoms with Crippen molar-refractivity contribution in [3.63, 3.8) is 0 Å². The number of rotatable bonds is 5. The van der Waals surface area contributed by atoms with E-state index in [4.69, 9.17) is 0 Å². The minimum Gasteiger partial charge on any atom is -0.370 e. The third kappa shape index (κ3) is 3.51. The third-order valence-corrected chi connectivity index (χ3v) is 4.82. The lowest BCUT2D eigenvalue weighted by atomic mass is 9.96. The van der Waals surface area contributed by atoms with Crippen molar-refractivity contribution in [1.29, 1.82) is 0 Å². The summed E-state index contributed by atoms with van der Waals surface area (Å²) in [5.74, 6) is -0.400. The molecule has 1 saturated heterocycles. The van der Waals surface area contributed by atoms with Crippen LogP contribution in [0.1, 0.15) is 11.4 Å². The number of nitrogens with one attached hydrogen (secondary N) is 2. The van der Waals surface area contributed by atoms with Crippen LogP contribution in [0.2, 0.25) is 0 Å². The SMILES string of the molecule is CNC(=O)C1(Nc2cccc(F)c2)CCN(Cc2nccs2)C1. The van der Waals surface area contributed by atoms with Gasteiger partial charge in [-0.1, -0.05) is 6.07 Å². The topological polar surface area (TPSA) is 57.3 Å². The maximum absolute atomic E-state index is 13.4. The van der Waals surface area contributed by atoms with Crippen molar-refractivity contribution in [2.24, 2.45) is 0 Å². The lowest BCUT2D eigenvalue weighted by Crippen LogP contribution is -2.53. The second kappa shape index (κ2) is 6.64. The van der Waals surface area contributed by atoms with Gasteiger partial charge in [0, 0.05) is 37.4 Å². The van der Waals surface area contributed by atoms with E-state index in [2.05, 4.69) is 20.5 Å². The van der Waals surface area contributed by atoms with E-state index in [0.717, 1.165) is 18.1 Å². The Morgan fingerprint density at radius 2 is 2.39 bits per heavy atom. The summed E-state index contributed by atoms with van der Waals surface area (Å²) in [6, 6.07) is 6.21. The number of nitrogens with zero attached hydrogens (tertiary/aromatic N) is 2. The first-order valence-electron chi connectivity index (χ1n) is 7.48. The predicted octanol–water partition coefficient (Wildman–Crippen LogP) is 2.08.